The van der Waals surface area contributed by atoms with Crippen LogP contribution in [0.25, 0.3) is 0 Å². The maximum Gasteiger partial charge on any atom is 0.284 e. The summed E-state index contributed by atoms with van der Waals surface area (Å²) in [5.41, 5.74) is -0.886. The third-order valence-corrected chi connectivity index (χ3v) is 1.25. The van der Waals surface area contributed by atoms with Crippen LogP contribution in [-0.2, 0) is 0 Å². The highest BCUT2D eigenvalue weighted by atomic mass is 19.3. The molecule has 0 saturated heterocycles. The molecule has 64 valence electrons. The van der Waals surface area contributed by atoms with Gasteiger partial charge in [0.05, 0.1) is 0 Å². The summed E-state index contributed by atoms with van der Waals surface area (Å²) >= 11 is 0. The molecule has 0 aromatic carbocycles. The zero-order valence-corrected chi connectivity index (χ0v) is 5.87. The van der Waals surface area contributed by atoms with Crippen molar-refractivity contribution in [3.05, 3.63) is 23.5 Å². The van der Waals surface area contributed by atoms with Crippen molar-refractivity contribution in [1.82, 2.24) is 4.98 Å². The molecule has 0 saturated carbocycles. The molecule has 0 amide bonds. The molecule has 1 aromatic heterocycles. The minimum absolute atomic E-state index is 0.122. The van der Waals surface area contributed by atoms with Gasteiger partial charge in [-0.05, 0) is 12.1 Å². The predicted octanol–water partition coefficient (Wildman–Crippen LogP) is 1.54. The number of aromatic nitrogens is 1. The van der Waals surface area contributed by atoms with Crippen molar-refractivity contribution >= 4 is 6.29 Å². The summed E-state index contributed by atoms with van der Waals surface area (Å²) < 4.78 is 24.0. The molecule has 0 radical (unpaired) electrons. The van der Waals surface area contributed by atoms with E-state index in [4.69, 9.17) is 5.11 Å². The first-order chi connectivity index (χ1) is 5.65. The van der Waals surface area contributed by atoms with Crippen molar-refractivity contribution < 1.29 is 18.7 Å². The van der Waals surface area contributed by atoms with E-state index in [1.807, 2.05) is 0 Å². The Morgan fingerprint density at radius 1 is 1.50 bits per heavy atom. The second kappa shape index (κ2) is 3.25. The number of hydrogen-bond donors (Lipinski definition) is 1. The van der Waals surface area contributed by atoms with Crippen molar-refractivity contribution in [2.45, 2.75) is 6.43 Å². The number of carbonyl (C=O) groups is 1. The van der Waals surface area contributed by atoms with E-state index in [1.165, 1.54) is 0 Å². The van der Waals surface area contributed by atoms with Crippen molar-refractivity contribution in [2.24, 2.45) is 0 Å². The lowest BCUT2D eigenvalue weighted by molar-refractivity contribution is 0.111. The van der Waals surface area contributed by atoms with Gasteiger partial charge in [0.15, 0.2) is 6.29 Å². The molecule has 0 bridgehead atoms. The molecule has 0 fully saturated rings. The van der Waals surface area contributed by atoms with Gasteiger partial charge in [-0.25, -0.2) is 13.8 Å². The molecule has 1 aromatic rings. The molecule has 3 nitrogen and oxygen atoms in total. The monoisotopic (exact) mass is 173 g/mol. The molecule has 0 spiro atoms. The molecule has 5 heteroatoms. The maximum atomic E-state index is 12.0. The van der Waals surface area contributed by atoms with Gasteiger partial charge in [-0.1, -0.05) is 0 Å². The van der Waals surface area contributed by atoms with Crippen molar-refractivity contribution in [3.63, 3.8) is 0 Å². The molecule has 0 aliphatic rings. The highest BCUT2D eigenvalue weighted by Gasteiger charge is 2.14. The maximum absolute atomic E-state index is 12.0. The van der Waals surface area contributed by atoms with Crippen LogP contribution >= 0.6 is 0 Å². The Bertz CT molecular complexity index is 301. The topological polar surface area (TPSA) is 50.2 Å². The zero-order chi connectivity index (χ0) is 9.14. The Hall–Kier alpha value is -1.52. The van der Waals surface area contributed by atoms with Gasteiger partial charge in [-0.15, -0.1) is 0 Å². The largest absolute Gasteiger partial charge is 0.506 e. The van der Waals surface area contributed by atoms with Gasteiger partial charge in [-0.3, -0.25) is 4.79 Å². The van der Waals surface area contributed by atoms with Gasteiger partial charge in [0.1, 0.15) is 17.1 Å². The van der Waals surface area contributed by atoms with E-state index in [2.05, 4.69) is 4.98 Å². The molecule has 0 aliphatic heterocycles. The first kappa shape index (κ1) is 8.58. The van der Waals surface area contributed by atoms with Crippen LogP contribution in [0.2, 0.25) is 0 Å². The van der Waals surface area contributed by atoms with E-state index in [1.54, 1.807) is 0 Å². The number of halogens is 2. The van der Waals surface area contributed by atoms with Crippen LogP contribution in [0.4, 0.5) is 8.78 Å². The summed E-state index contributed by atoms with van der Waals surface area (Å²) in [6.45, 7) is 0. The molecule has 0 aliphatic carbocycles. The van der Waals surface area contributed by atoms with Crippen molar-refractivity contribution in [2.75, 3.05) is 0 Å². The highest BCUT2D eigenvalue weighted by molar-refractivity contribution is 5.72. The minimum atomic E-state index is -2.87. The number of alkyl halides is 2. The third-order valence-electron chi connectivity index (χ3n) is 1.25. The third kappa shape index (κ3) is 1.55. The summed E-state index contributed by atoms with van der Waals surface area (Å²) in [5, 5.41) is 8.84. The number of nitrogens with zero attached hydrogens (tertiary/aromatic N) is 1. The van der Waals surface area contributed by atoms with E-state index in [0.29, 0.717) is 6.29 Å². The van der Waals surface area contributed by atoms with Crippen LogP contribution < -0.4 is 0 Å². The lowest BCUT2D eigenvalue weighted by Crippen LogP contribution is -1.94. The number of hydrogen-bond acceptors (Lipinski definition) is 3. The summed E-state index contributed by atoms with van der Waals surface area (Å²) in [4.78, 5) is 13.3. The minimum Gasteiger partial charge on any atom is -0.506 e. The lowest BCUT2D eigenvalue weighted by Gasteiger charge is -2.01. The predicted molar refractivity (Wildman–Crippen MR) is 36.2 cm³/mol. The molecule has 0 unspecified atom stereocenters. The smallest absolute Gasteiger partial charge is 0.284 e. The average Bonchev–Trinajstić information content (AvgIpc) is 2.05. The molecular formula is C7H5F2NO2. The molecule has 1 rings (SSSR count). The summed E-state index contributed by atoms with van der Waals surface area (Å²) in [7, 11) is 0. The van der Waals surface area contributed by atoms with E-state index >= 15 is 0 Å². The fraction of sp³-hybridized carbons (Fsp3) is 0.143. The first-order valence-corrected chi connectivity index (χ1v) is 3.08. The van der Waals surface area contributed by atoms with E-state index in [9.17, 15) is 13.6 Å². The van der Waals surface area contributed by atoms with Gasteiger partial charge < -0.3 is 5.11 Å². The average molecular weight is 173 g/mol. The first-order valence-electron chi connectivity index (χ1n) is 3.08. The molecule has 12 heavy (non-hydrogen) atoms. The molecular weight excluding hydrogens is 168 g/mol. The normalized spacial score (nSPS) is 10.2. The van der Waals surface area contributed by atoms with Crippen LogP contribution in [0.3, 0.4) is 0 Å². The zero-order valence-electron chi connectivity index (χ0n) is 5.87. The number of rotatable bonds is 2. The Morgan fingerprint density at radius 3 is 2.67 bits per heavy atom. The Labute approximate surface area is 66.7 Å². The fourth-order valence-electron chi connectivity index (χ4n) is 0.710. The number of aldehydes is 1. The molecule has 1 heterocycles. The van der Waals surface area contributed by atoms with Crippen molar-refractivity contribution in [1.29, 1.82) is 0 Å². The number of pyridine rings is 1. The van der Waals surface area contributed by atoms with Crippen LogP contribution in [0.15, 0.2) is 12.1 Å². The standard InChI is InChI=1S/C7H5F2NO2/c8-7(9)6-5(12)2-1-4(3-11)10-6/h1-3,7,12H. The highest BCUT2D eigenvalue weighted by Crippen LogP contribution is 2.25. The van der Waals surface area contributed by atoms with E-state index in [-0.39, 0.29) is 5.69 Å². The second-order valence-corrected chi connectivity index (χ2v) is 2.06. The summed E-state index contributed by atoms with van der Waals surface area (Å²) in [6, 6.07) is 2.17. The van der Waals surface area contributed by atoms with Crippen LogP contribution in [0, 0.1) is 0 Å². The Morgan fingerprint density at radius 2 is 2.17 bits per heavy atom. The van der Waals surface area contributed by atoms with Crippen LogP contribution in [0.1, 0.15) is 22.6 Å². The van der Waals surface area contributed by atoms with Gasteiger partial charge in [0.25, 0.3) is 6.43 Å². The van der Waals surface area contributed by atoms with Crippen LogP contribution in [0.5, 0.6) is 5.75 Å². The van der Waals surface area contributed by atoms with E-state index < -0.39 is 17.9 Å². The number of carbonyl (C=O) groups excluding carboxylic acids is 1. The van der Waals surface area contributed by atoms with E-state index in [0.717, 1.165) is 12.1 Å². The van der Waals surface area contributed by atoms with Gasteiger partial charge >= 0.3 is 0 Å². The van der Waals surface area contributed by atoms with Gasteiger partial charge in [-0.2, -0.15) is 0 Å². The van der Waals surface area contributed by atoms with Crippen molar-refractivity contribution in [3.8, 4) is 5.75 Å². The Balaban J connectivity index is 3.16. The summed E-state index contributed by atoms with van der Waals surface area (Å²) in [6.07, 6.45) is -2.53. The fourth-order valence-corrected chi connectivity index (χ4v) is 0.710. The van der Waals surface area contributed by atoms with Crippen LogP contribution in [-0.4, -0.2) is 16.4 Å². The quantitative estimate of drug-likeness (QED) is 0.690. The Kier molecular flexibility index (Phi) is 2.32. The lowest BCUT2D eigenvalue weighted by atomic mass is 10.3. The summed E-state index contributed by atoms with van der Waals surface area (Å²) in [5.74, 6) is -0.601. The second-order valence-electron chi connectivity index (χ2n) is 2.06. The number of aromatic hydroxyl groups is 1. The van der Waals surface area contributed by atoms with Gasteiger partial charge in [0.2, 0.25) is 0 Å². The van der Waals surface area contributed by atoms with Gasteiger partial charge in [0, 0.05) is 0 Å². The molecule has 0 atom stereocenters. The SMILES string of the molecule is O=Cc1ccc(O)c(C(F)F)n1. The molecule has 1 N–H and O–H groups in total.